The lowest BCUT2D eigenvalue weighted by Gasteiger charge is -2.27. The van der Waals surface area contributed by atoms with E-state index in [2.05, 4.69) is 13.8 Å². The molecule has 0 saturated carbocycles. The number of carbonyl (C=O) groups excluding carboxylic acids is 1. The summed E-state index contributed by atoms with van der Waals surface area (Å²) < 4.78 is 28.4. The largest absolute Gasteiger partial charge is 0.446 e. The molecule has 0 fully saturated rings. The first-order valence-corrected chi connectivity index (χ1v) is 9.65. The van der Waals surface area contributed by atoms with E-state index in [0.717, 1.165) is 12.0 Å². The number of ether oxygens (including phenoxy) is 1. The van der Waals surface area contributed by atoms with E-state index in [9.17, 15) is 13.2 Å². The second kappa shape index (κ2) is 7.81. The fraction of sp³-hybridized carbons (Fsp3) is 0.588. The number of rotatable bonds is 6. The van der Waals surface area contributed by atoms with Crippen molar-refractivity contribution in [2.75, 3.05) is 13.3 Å². The maximum absolute atomic E-state index is 12.2. The average Bonchev–Trinajstić information content (AvgIpc) is 2.43. The normalized spacial score (nSPS) is 14.4. The molecule has 0 bridgehead atoms. The third kappa shape index (κ3) is 5.86. The quantitative estimate of drug-likeness (QED) is 0.792. The molecule has 2 unspecified atom stereocenters. The van der Waals surface area contributed by atoms with Crippen molar-refractivity contribution in [3.8, 4) is 0 Å². The van der Waals surface area contributed by atoms with Crippen molar-refractivity contribution in [3.63, 3.8) is 0 Å². The molecule has 0 heterocycles. The van der Waals surface area contributed by atoms with Crippen LogP contribution >= 0.6 is 0 Å². The van der Waals surface area contributed by atoms with E-state index in [-0.39, 0.29) is 23.1 Å². The van der Waals surface area contributed by atoms with Crippen LogP contribution in [0.5, 0.6) is 0 Å². The monoisotopic (exact) mass is 341 g/mol. The van der Waals surface area contributed by atoms with E-state index in [1.807, 2.05) is 13.8 Å². The molecule has 130 valence electrons. The topological polar surface area (TPSA) is 63.7 Å². The molecule has 23 heavy (non-hydrogen) atoms. The van der Waals surface area contributed by atoms with Gasteiger partial charge in [-0.15, -0.1) is 0 Å². The minimum atomic E-state index is -3.21. The molecule has 0 aromatic heterocycles. The van der Waals surface area contributed by atoms with Gasteiger partial charge in [-0.3, -0.25) is 0 Å². The lowest BCUT2D eigenvalue weighted by molar-refractivity contribution is 0.0593. The first-order valence-electron chi connectivity index (χ1n) is 7.75. The molecule has 0 aliphatic rings. The Morgan fingerprint density at radius 1 is 1.13 bits per heavy atom. The Hall–Kier alpha value is -1.56. The lowest BCUT2D eigenvalue weighted by atomic mass is 10.1. The highest BCUT2D eigenvalue weighted by Crippen LogP contribution is 2.22. The number of sulfone groups is 1. The maximum Gasteiger partial charge on any atom is 0.410 e. The number of amides is 1. The van der Waals surface area contributed by atoms with Crippen LogP contribution in [0.1, 0.15) is 45.7 Å². The number of hydrogen-bond donors (Lipinski definition) is 0. The van der Waals surface area contributed by atoms with Gasteiger partial charge in [-0.05, 0) is 43.9 Å². The Labute approximate surface area is 139 Å². The van der Waals surface area contributed by atoms with Gasteiger partial charge in [-0.1, -0.05) is 26.0 Å². The van der Waals surface area contributed by atoms with Gasteiger partial charge in [0.1, 0.15) is 6.10 Å². The Kier molecular flexibility index (Phi) is 6.62. The van der Waals surface area contributed by atoms with E-state index in [1.165, 1.54) is 11.2 Å². The molecule has 0 spiro atoms. The predicted octanol–water partition coefficient (Wildman–Crippen LogP) is 3.65. The van der Waals surface area contributed by atoms with Crippen molar-refractivity contribution < 1.29 is 17.9 Å². The van der Waals surface area contributed by atoms with E-state index >= 15 is 0 Å². The minimum absolute atomic E-state index is 0.134. The van der Waals surface area contributed by atoms with Crippen LogP contribution in [0.3, 0.4) is 0 Å². The molecule has 1 rings (SSSR count). The molecule has 0 saturated heterocycles. The highest BCUT2D eigenvalue weighted by molar-refractivity contribution is 7.90. The van der Waals surface area contributed by atoms with Gasteiger partial charge >= 0.3 is 6.09 Å². The van der Waals surface area contributed by atoms with Crippen molar-refractivity contribution in [2.45, 2.75) is 51.2 Å². The summed E-state index contributed by atoms with van der Waals surface area (Å²) in [5, 5.41) is 0. The fourth-order valence-electron chi connectivity index (χ4n) is 2.34. The third-order valence-corrected chi connectivity index (χ3v) is 4.89. The highest BCUT2D eigenvalue weighted by atomic mass is 32.2. The van der Waals surface area contributed by atoms with Crippen LogP contribution in [0.2, 0.25) is 0 Å². The molecular formula is C17H27NO4S. The number of carbonyl (C=O) groups is 1. The molecule has 1 aromatic rings. The minimum Gasteiger partial charge on any atom is -0.446 e. The number of hydrogen-bond acceptors (Lipinski definition) is 4. The molecular weight excluding hydrogens is 314 g/mol. The smallest absolute Gasteiger partial charge is 0.410 e. The zero-order chi connectivity index (χ0) is 17.8. The molecule has 5 nitrogen and oxygen atoms in total. The van der Waals surface area contributed by atoms with Crippen molar-refractivity contribution in [2.24, 2.45) is 5.92 Å². The zero-order valence-corrected chi connectivity index (χ0v) is 15.6. The van der Waals surface area contributed by atoms with Gasteiger partial charge in [0.15, 0.2) is 9.84 Å². The van der Waals surface area contributed by atoms with E-state index < -0.39 is 9.84 Å². The first kappa shape index (κ1) is 19.5. The highest BCUT2D eigenvalue weighted by Gasteiger charge is 2.21. The molecule has 0 radical (unpaired) electrons. The third-order valence-electron chi connectivity index (χ3n) is 3.76. The summed E-state index contributed by atoms with van der Waals surface area (Å²) in [4.78, 5) is 14.0. The Balaban J connectivity index is 2.76. The van der Waals surface area contributed by atoms with Gasteiger partial charge in [0.25, 0.3) is 0 Å². The van der Waals surface area contributed by atoms with Gasteiger partial charge in [-0.25, -0.2) is 13.2 Å². The van der Waals surface area contributed by atoms with Crippen LogP contribution in [0.25, 0.3) is 0 Å². The van der Waals surface area contributed by atoms with Crippen LogP contribution in [0.15, 0.2) is 29.2 Å². The van der Waals surface area contributed by atoms with Crippen molar-refractivity contribution in [3.05, 3.63) is 29.8 Å². The Morgan fingerprint density at radius 2 is 1.65 bits per heavy atom. The second-order valence-electron chi connectivity index (χ2n) is 6.45. The molecule has 0 aliphatic carbocycles. The maximum atomic E-state index is 12.2. The predicted molar refractivity (Wildman–Crippen MR) is 91.1 cm³/mol. The molecule has 0 N–H and O–H groups in total. The van der Waals surface area contributed by atoms with E-state index in [1.54, 1.807) is 31.3 Å². The molecule has 2 atom stereocenters. The SMILES string of the molecule is CC(C)CC(C)OC(=O)N(C)C(C)c1ccc(S(C)(=O)=O)cc1. The number of nitrogens with zero attached hydrogens (tertiary/aromatic N) is 1. The summed E-state index contributed by atoms with van der Waals surface area (Å²) in [6.07, 6.45) is 1.48. The van der Waals surface area contributed by atoms with Crippen LogP contribution < -0.4 is 0 Å². The number of benzene rings is 1. The van der Waals surface area contributed by atoms with E-state index in [4.69, 9.17) is 4.74 Å². The Bertz CT molecular complexity index is 622. The summed E-state index contributed by atoms with van der Waals surface area (Å²) in [5.41, 5.74) is 0.855. The molecule has 1 amide bonds. The van der Waals surface area contributed by atoms with Crippen LogP contribution in [-0.4, -0.2) is 38.8 Å². The van der Waals surface area contributed by atoms with Gasteiger partial charge in [0.2, 0.25) is 0 Å². The summed E-state index contributed by atoms with van der Waals surface area (Å²) in [6.45, 7) is 7.93. The second-order valence-corrected chi connectivity index (χ2v) is 8.47. The van der Waals surface area contributed by atoms with Gasteiger partial charge in [-0.2, -0.15) is 0 Å². The van der Waals surface area contributed by atoms with Crippen molar-refractivity contribution in [1.82, 2.24) is 4.90 Å². The molecule has 1 aromatic carbocycles. The van der Waals surface area contributed by atoms with Crippen LogP contribution in [-0.2, 0) is 14.6 Å². The molecule has 0 aliphatic heterocycles. The van der Waals surface area contributed by atoms with Crippen molar-refractivity contribution in [1.29, 1.82) is 0 Å². The van der Waals surface area contributed by atoms with Gasteiger partial charge < -0.3 is 9.64 Å². The lowest BCUT2D eigenvalue weighted by Crippen LogP contribution is -2.32. The first-order chi connectivity index (χ1) is 10.5. The summed E-state index contributed by atoms with van der Waals surface area (Å²) in [5.74, 6) is 0.462. The zero-order valence-electron chi connectivity index (χ0n) is 14.7. The van der Waals surface area contributed by atoms with Gasteiger partial charge in [0.05, 0.1) is 10.9 Å². The standard InChI is InChI=1S/C17H27NO4S/c1-12(2)11-13(3)22-17(19)18(5)14(4)15-7-9-16(10-8-15)23(6,20)21/h7-10,12-14H,11H2,1-6H3. The van der Waals surface area contributed by atoms with E-state index in [0.29, 0.717) is 5.92 Å². The summed E-state index contributed by atoms with van der Waals surface area (Å²) >= 11 is 0. The summed E-state index contributed by atoms with van der Waals surface area (Å²) in [7, 11) is -1.53. The van der Waals surface area contributed by atoms with Crippen LogP contribution in [0, 0.1) is 5.92 Å². The molecule has 6 heteroatoms. The Morgan fingerprint density at radius 3 is 2.09 bits per heavy atom. The summed E-state index contributed by atoms with van der Waals surface area (Å²) in [6, 6.07) is 6.36. The average molecular weight is 341 g/mol. The van der Waals surface area contributed by atoms with Crippen LogP contribution in [0.4, 0.5) is 4.79 Å². The fourth-order valence-corrected chi connectivity index (χ4v) is 2.97. The van der Waals surface area contributed by atoms with Gasteiger partial charge in [0, 0.05) is 13.3 Å². The van der Waals surface area contributed by atoms with Crippen molar-refractivity contribution >= 4 is 15.9 Å².